The van der Waals surface area contributed by atoms with Crippen molar-refractivity contribution in [3.05, 3.63) is 29.8 Å². The molecule has 4 heteroatoms. The molecule has 0 aliphatic carbocycles. The summed E-state index contributed by atoms with van der Waals surface area (Å²) in [6.45, 7) is 9.91. The van der Waals surface area contributed by atoms with Crippen LogP contribution in [0, 0.1) is 5.41 Å². The number of thiocarbonyl (C=S) groups is 1. The van der Waals surface area contributed by atoms with Crippen LogP contribution in [0.5, 0.6) is 0 Å². The predicted octanol–water partition coefficient (Wildman–Crippen LogP) is 4.06. The minimum atomic E-state index is -0.456. The van der Waals surface area contributed by atoms with Gasteiger partial charge in [0, 0.05) is 11.1 Å². The van der Waals surface area contributed by atoms with Crippen LogP contribution >= 0.6 is 12.2 Å². The fourth-order valence-electron chi connectivity index (χ4n) is 1.70. The number of para-hydroxylation sites is 1. The molecule has 3 nitrogen and oxygen atoms in total. The number of amides is 1. The van der Waals surface area contributed by atoms with Gasteiger partial charge >= 0.3 is 0 Å². The van der Waals surface area contributed by atoms with Crippen LogP contribution in [-0.2, 0) is 4.79 Å². The van der Waals surface area contributed by atoms with E-state index < -0.39 is 5.41 Å². The third-order valence-electron chi connectivity index (χ3n) is 3.26. The monoisotopic (exact) mass is 292 g/mol. The van der Waals surface area contributed by atoms with Gasteiger partial charge in [-0.2, -0.15) is 0 Å². The van der Waals surface area contributed by atoms with Crippen molar-refractivity contribution in [3.8, 4) is 0 Å². The van der Waals surface area contributed by atoms with Crippen LogP contribution in [0.3, 0.4) is 0 Å². The van der Waals surface area contributed by atoms with Crippen LogP contribution in [0.15, 0.2) is 24.3 Å². The number of nitrogens with one attached hydrogen (secondary N) is 2. The number of benzene rings is 1. The third-order valence-corrected chi connectivity index (χ3v) is 3.46. The van der Waals surface area contributed by atoms with Crippen molar-refractivity contribution in [2.45, 2.75) is 47.0 Å². The van der Waals surface area contributed by atoms with E-state index in [-0.39, 0.29) is 5.91 Å². The molecular weight excluding hydrogens is 268 g/mol. The molecule has 1 aromatic carbocycles. The highest BCUT2D eigenvalue weighted by molar-refractivity contribution is 7.80. The normalized spacial score (nSPS) is 12.7. The molecule has 0 aliphatic rings. The van der Waals surface area contributed by atoms with E-state index in [9.17, 15) is 4.79 Å². The molecule has 0 aromatic heterocycles. The molecule has 1 aromatic rings. The zero-order valence-electron chi connectivity index (χ0n) is 12.9. The van der Waals surface area contributed by atoms with E-state index in [1.165, 1.54) is 5.56 Å². The Labute approximate surface area is 127 Å². The lowest BCUT2D eigenvalue weighted by Gasteiger charge is -2.20. The number of carbonyl (C=O) groups is 1. The van der Waals surface area contributed by atoms with Gasteiger partial charge in [-0.1, -0.05) is 52.8 Å². The second kappa shape index (κ2) is 6.84. The largest absolute Gasteiger partial charge is 0.332 e. The lowest BCUT2D eigenvalue weighted by Crippen LogP contribution is -2.41. The molecule has 0 radical (unpaired) electrons. The quantitative estimate of drug-likeness (QED) is 0.825. The van der Waals surface area contributed by atoms with Gasteiger partial charge in [-0.3, -0.25) is 4.79 Å². The molecule has 0 aliphatic heterocycles. The molecular formula is C16H24N2OS. The number of carbonyl (C=O) groups excluding carboxylic acids is 1. The molecule has 0 spiro atoms. The molecule has 0 unspecified atom stereocenters. The molecule has 1 rings (SSSR count). The van der Waals surface area contributed by atoms with E-state index in [0.717, 1.165) is 12.1 Å². The Morgan fingerprint density at radius 1 is 1.30 bits per heavy atom. The van der Waals surface area contributed by atoms with Crippen molar-refractivity contribution in [1.82, 2.24) is 5.32 Å². The lowest BCUT2D eigenvalue weighted by molar-refractivity contribution is -0.126. The first kappa shape index (κ1) is 16.6. The summed E-state index contributed by atoms with van der Waals surface area (Å²) < 4.78 is 0. The fourth-order valence-corrected chi connectivity index (χ4v) is 1.91. The molecule has 1 atom stereocenters. The standard InChI is InChI=1S/C16H24N2OS/c1-6-11(2)12-9-7-8-10-13(12)17-15(20)18-14(19)16(3,4)5/h7-11H,6H2,1-5H3,(H2,17,18,19,20)/t11-/m1/s1. The van der Waals surface area contributed by atoms with Crippen LogP contribution in [-0.4, -0.2) is 11.0 Å². The van der Waals surface area contributed by atoms with Crippen molar-refractivity contribution >= 4 is 28.9 Å². The van der Waals surface area contributed by atoms with E-state index in [0.29, 0.717) is 11.0 Å². The molecule has 1 amide bonds. The average molecular weight is 292 g/mol. The molecule has 2 N–H and O–H groups in total. The maximum Gasteiger partial charge on any atom is 0.231 e. The molecule has 0 saturated heterocycles. The van der Waals surface area contributed by atoms with Gasteiger partial charge in [0.1, 0.15) is 0 Å². The Balaban J connectivity index is 2.79. The number of hydrogen-bond donors (Lipinski definition) is 2. The van der Waals surface area contributed by atoms with Gasteiger partial charge in [0.25, 0.3) is 0 Å². The Morgan fingerprint density at radius 3 is 2.45 bits per heavy atom. The van der Waals surface area contributed by atoms with Crippen LogP contribution in [0.4, 0.5) is 5.69 Å². The second-order valence-electron chi connectivity index (χ2n) is 6.05. The van der Waals surface area contributed by atoms with E-state index in [4.69, 9.17) is 12.2 Å². The number of anilines is 1. The summed E-state index contributed by atoms with van der Waals surface area (Å²) in [5.41, 5.74) is 1.71. The van der Waals surface area contributed by atoms with Crippen LogP contribution < -0.4 is 10.6 Å². The van der Waals surface area contributed by atoms with Crippen LogP contribution in [0.25, 0.3) is 0 Å². The first-order chi connectivity index (χ1) is 9.25. The topological polar surface area (TPSA) is 41.1 Å². The second-order valence-corrected chi connectivity index (χ2v) is 6.46. The Morgan fingerprint density at radius 2 is 1.90 bits per heavy atom. The lowest BCUT2D eigenvalue weighted by atomic mass is 9.96. The summed E-state index contributed by atoms with van der Waals surface area (Å²) in [7, 11) is 0. The van der Waals surface area contributed by atoms with Crippen LogP contribution in [0.2, 0.25) is 0 Å². The average Bonchev–Trinajstić information content (AvgIpc) is 2.37. The molecule has 0 bridgehead atoms. The third kappa shape index (κ3) is 4.60. The van der Waals surface area contributed by atoms with E-state index in [2.05, 4.69) is 30.5 Å². The van der Waals surface area contributed by atoms with Crippen LogP contribution in [0.1, 0.15) is 52.5 Å². The van der Waals surface area contributed by atoms with E-state index in [1.807, 2.05) is 39.0 Å². The first-order valence-corrected chi connectivity index (χ1v) is 7.38. The highest BCUT2D eigenvalue weighted by atomic mass is 32.1. The molecule has 0 heterocycles. The van der Waals surface area contributed by atoms with Crippen molar-refractivity contribution < 1.29 is 4.79 Å². The highest BCUT2D eigenvalue weighted by Crippen LogP contribution is 2.26. The molecule has 0 saturated carbocycles. The molecule has 20 heavy (non-hydrogen) atoms. The minimum Gasteiger partial charge on any atom is -0.332 e. The van der Waals surface area contributed by atoms with Crippen molar-refractivity contribution in [1.29, 1.82) is 0 Å². The van der Waals surface area contributed by atoms with Gasteiger partial charge < -0.3 is 10.6 Å². The number of rotatable bonds is 3. The maximum atomic E-state index is 11.9. The summed E-state index contributed by atoms with van der Waals surface area (Å²) >= 11 is 5.22. The minimum absolute atomic E-state index is 0.0870. The molecule has 0 fully saturated rings. The zero-order chi connectivity index (χ0) is 15.3. The Kier molecular flexibility index (Phi) is 5.69. The van der Waals surface area contributed by atoms with Gasteiger partial charge in [0.15, 0.2) is 5.11 Å². The van der Waals surface area contributed by atoms with Gasteiger partial charge in [0.05, 0.1) is 0 Å². The summed E-state index contributed by atoms with van der Waals surface area (Å²) in [4.78, 5) is 11.9. The van der Waals surface area contributed by atoms with Gasteiger partial charge in [-0.25, -0.2) is 0 Å². The maximum absolute atomic E-state index is 11.9. The van der Waals surface area contributed by atoms with E-state index >= 15 is 0 Å². The smallest absolute Gasteiger partial charge is 0.231 e. The Hall–Kier alpha value is -1.42. The van der Waals surface area contributed by atoms with Crippen molar-refractivity contribution in [3.63, 3.8) is 0 Å². The summed E-state index contributed by atoms with van der Waals surface area (Å²) in [5, 5.41) is 6.21. The summed E-state index contributed by atoms with van der Waals surface area (Å²) in [5.74, 6) is 0.357. The predicted molar refractivity (Wildman–Crippen MR) is 89.0 cm³/mol. The first-order valence-electron chi connectivity index (χ1n) is 6.97. The van der Waals surface area contributed by atoms with Gasteiger partial charge in [0.2, 0.25) is 5.91 Å². The number of hydrogen-bond acceptors (Lipinski definition) is 2. The van der Waals surface area contributed by atoms with E-state index in [1.54, 1.807) is 0 Å². The van der Waals surface area contributed by atoms with Crippen molar-refractivity contribution in [2.24, 2.45) is 5.41 Å². The molecule has 110 valence electrons. The zero-order valence-corrected chi connectivity index (χ0v) is 13.7. The van der Waals surface area contributed by atoms with Gasteiger partial charge in [-0.05, 0) is 36.2 Å². The van der Waals surface area contributed by atoms with Crippen molar-refractivity contribution in [2.75, 3.05) is 5.32 Å². The SMILES string of the molecule is CC[C@@H](C)c1ccccc1NC(=S)NC(=O)C(C)(C)C. The van der Waals surface area contributed by atoms with Gasteiger partial charge in [-0.15, -0.1) is 0 Å². The highest BCUT2D eigenvalue weighted by Gasteiger charge is 2.22. The summed E-state index contributed by atoms with van der Waals surface area (Å²) in [6.07, 6.45) is 1.06. The summed E-state index contributed by atoms with van der Waals surface area (Å²) in [6, 6.07) is 8.05. The fraction of sp³-hybridized carbons (Fsp3) is 0.500. The Bertz CT molecular complexity index is 491.